The van der Waals surface area contributed by atoms with Crippen molar-refractivity contribution in [1.29, 1.82) is 0 Å². The van der Waals surface area contributed by atoms with Crippen LogP contribution < -0.4 is 20.1 Å². The Kier molecular flexibility index (Phi) is 11.4. The van der Waals surface area contributed by atoms with Crippen LogP contribution in [0.25, 0.3) is 0 Å². The van der Waals surface area contributed by atoms with E-state index in [-0.39, 0.29) is 41.9 Å². The molecule has 0 radical (unpaired) electrons. The molecule has 2 aliphatic rings. The minimum atomic E-state index is -2.40. The van der Waals surface area contributed by atoms with Crippen LogP contribution in [0.5, 0.6) is 5.75 Å². The zero-order chi connectivity index (χ0) is 41.3. The van der Waals surface area contributed by atoms with E-state index in [1.54, 1.807) is 19.2 Å². The highest BCUT2D eigenvalue weighted by molar-refractivity contribution is 9.10. The van der Waals surface area contributed by atoms with Gasteiger partial charge in [-0.15, -0.1) is 5.10 Å². The van der Waals surface area contributed by atoms with Crippen molar-refractivity contribution in [1.82, 2.24) is 15.0 Å². The molecule has 302 valence electrons. The van der Waals surface area contributed by atoms with Gasteiger partial charge in [-0.3, -0.25) is 14.3 Å². The van der Waals surface area contributed by atoms with E-state index in [1.165, 1.54) is 5.19 Å². The molecule has 0 bridgehead atoms. The van der Waals surface area contributed by atoms with Gasteiger partial charge in [0, 0.05) is 39.9 Å². The highest BCUT2D eigenvalue weighted by Gasteiger charge is 2.66. The number of methoxy groups -OCH3 is 1. The van der Waals surface area contributed by atoms with Crippen LogP contribution in [0.4, 0.5) is 11.4 Å². The highest BCUT2D eigenvalue weighted by atomic mass is 79.9. The average Bonchev–Trinajstić information content (AvgIpc) is 3.91. The predicted octanol–water partition coefficient (Wildman–Crippen LogP) is 8.28. The van der Waals surface area contributed by atoms with E-state index in [0.29, 0.717) is 36.5 Å². The summed E-state index contributed by atoms with van der Waals surface area (Å²) in [5.74, 6) is 0.0182. The molecule has 5 atom stereocenters. The quantitative estimate of drug-likeness (QED) is 0.112. The van der Waals surface area contributed by atoms with Crippen molar-refractivity contribution in [2.45, 2.75) is 62.7 Å². The van der Waals surface area contributed by atoms with E-state index in [1.807, 2.05) is 119 Å². The molecule has 1 fully saturated rings. The molecule has 2 amide bonds. The van der Waals surface area contributed by atoms with Gasteiger partial charge in [-0.1, -0.05) is 119 Å². The maximum atomic E-state index is 15.4. The van der Waals surface area contributed by atoms with Gasteiger partial charge in [0.1, 0.15) is 5.75 Å². The summed E-state index contributed by atoms with van der Waals surface area (Å²) in [6, 6.07) is 41.0. The Labute approximate surface area is 354 Å². The summed E-state index contributed by atoms with van der Waals surface area (Å²) in [6.45, 7) is 7.66. The summed E-state index contributed by atoms with van der Waals surface area (Å²) in [5, 5.41) is 23.6. The lowest BCUT2D eigenvalue weighted by Gasteiger charge is -2.37. The van der Waals surface area contributed by atoms with Crippen LogP contribution in [0, 0.1) is 5.92 Å². The molecule has 1 saturated heterocycles. The normalized spacial score (nSPS) is 20.5. The Morgan fingerprint density at radius 2 is 1.69 bits per heavy atom. The fourth-order valence-corrected chi connectivity index (χ4v) is 13.8. The topological polar surface area (TPSA) is 119 Å². The van der Waals surface area contributed by atoms with Crippen LogP contribution in [-0.4, -0.2) is 59.8 Å². The zero-order valence-electron chi connectivity index (χ0n) is 33.6. The summed E-state index contributed by atoms with van der Waals surface area (Å²) in [4.78, 5) is 30.3. The van der Waals surface area contributed by atoms with E-state index >= 15 is 4.79 Å². The van der Waals surface area contributed by atoms with Gasteiger partial charge in [0.25, 0.3) is 11.8 Å². The van der Waals surface area contributed by atoms with Gasteiger partial charge < -0.3 is 24.8 Å². The molecule has 8 rings (SSSR count). The zero-order valence-corrected chi connectivity index (χ0v) is 36.2. The summed E-state index contributed by atoms with van der Waals surface area (Å²) in [7, 11) is -0.723. The van der Waals surface area contributed by atoms with Gasteiger partial charge in [-0.05, 0) is 77.7 Å². The summed E-state index contributed by atoms with van der Waals surface area (Å²) >= 11 is 3.73. The Hall–Kier alpha value is -5.40. The number of aromatic nitrogens is 3. The number of rotatable bonds is 13. The molecule has 6 aromatic rings. The number of halogens is 1. The lowest BCUT2D eigenvalue weighted by Crippen LogP contribution is -2.51. The molecule has 1 unspecified atom stereocenters. The van der Waals surface area contributed by atoms with Gasteiger partial charge >= 0.3 is 0 Å². The van der Waals surface area contributed by atoms with Gasteiger partial charge in [-0.25, -0.2) is 0 Å². The highest BCUT2D eigenvalue weighted by Crippen LogP contribution is 2.60. The molecule has 2 N–H and O–H groups in total. The smallest absolute Gasteiger partial charge is 0.264 e. The van der Waals surface area contributed by atoms with Crippen LogP contribution >= 0.6 is 15.9 Å². The summed E-state index contributed by atoms with van der Waals surface area (Å²) in [6.07, 6.45) is 2.21. The van der Waals surface area contributed by atoms with Gasteiger partial charge in [0.05, 0.1) is 51.7 Å². The summed E-state index contributed by atoms with van der Waals surface area (Å²) in [5.41, 5.74) is 4.21. The van der Waals surface area contributed by atoms with E-state index in [2.05, 4.69) is 63.7 Å². The maximum Gasteiger partial charge on any atom is 0.264 e. The first kappa shape index (κ1) is 40.4. The monoisotopic (exact) mass is 869 g/mol. The van der Waals surface area contributed by atoms with E-state index in [0.717, 1.165) is 32.6 Å². The number of ether oxygens (including phenoxy) is 2. The van der Waals surface area contributed by atoms with Crippen molar-refractivity contribution >= 4 is 52.4 Å². The first-order valence-corrected chi connectivity index (χ1v) is 23.9. The number of nitrogens with one attached hydrogen (secondary N) is 1. The molecular weight excluding hydrogens is 823 g/mol. The van der Waals surface area contributed by atoms with Crippen molar-refractivity contribution < 1.29 is 24.2 Å². The van der Waals surface area contributed by atoms with Crippen LogP contribution in [-0.2, 0) is 28.2 Å². The minimum Gasteiger partial charge on any atom is -0.497 e. The molecule has 1 spiro atoms. The lowest BCUT2D eigenvalue weighted by molar-refractivity contribution is -0.146. The van der Waals surface area contributed by atoms with E-state index < -0.39 is 13.7 Å². The second kappa shape index (κ2) is 16.7. The molecule has 0 saturated carbocycles. The van der Waals surface area contributed by atoms with Crippen LogP contribution in [0.15, 0.2) is 138 Å². The van der Waals surface area contributed by atoms with E-state index in [9.17, 15) is 9.90 Å². The number of benzene rings is 5. The number of aliphatic hydroxyl groups excluding tert-OH is 1. The third-order valence-corrected chi connectivity index (χ3v) is 17.2. The fourth-order valence-electron chi connectivity index (χ4n) is 9.33. The number of hydrogen-bond donors (Lipinski definition) is 2. The molecule has 59 heavy (non-hydrogen) atoms. The maximum absolute atomic E-state index is 15.4. The Balaban J connectivity index is 1.12. The average molecular weight is 871 g/mol. The van der Waals surface area contributed by atoms with Crippen molar-refractivity contribution in [2.75, 3.05) is 23.9 Å². The minimum absolute atomic E-state index is 0.0284. The number of aliphatic hydroxyl groups is 1. The standard InChI is InChI=1S/C47H48BrN5O5Si/c1-31-44(59(3,4)38-21-19-37(57-2)20-22-38)43(24-25-52-29-41(50-51-52)39(30-54)33-13-7-5-8-14-33)58-47(31)40-27-35(48)18-23-42(40)53(46(47)56)28-32-12-11-17-36(26-32)49-45(55)34-15-9-6-10-16-34/h5-23,26-27,29,31,39,43-44,54H,24-25,28,30H2,1-4H3,(H,49,55)/t31-,39?,43+,44-,47+/m1/s1. The molecule has 1 aromatic heterocycles. The largest absolute Gasteiger partial charge is 0.497 e. The first-order valence-electron chi connectivity index (χ1n) is 20.0. The van der Waals surface area contributed by atoms with E-state index in [4.69, 9.17) is 9.47 Å². The fraction of sp³-hybridized carbons (Fsp3) is 0.277. The number of fused-ring (bicyclic) bond motifs is 2. The van der Waals surface area contributed by atoms with Crippen molar-refractivity contribution in [3.63, 3.8) is 0 Å². The van der Waals surface area contributed by atoms with Crippen LogP contribution in [0.1, 0.15) is 52.0 Å². The number of amides is 2. The Morgan fingerprint density at radius 3 is 2.41 bits per heavy atom. The number of anilines is 2. The number of aryl methyl sites for hydroxylation is 1. The first-order chi connectivity index (χ1) is 28.5. The molecule has 10 nitrogen and oxygen atoms in total. The van der Waals surface area contributed by atoms with Gasteiger partial charge in [0.15, 0.2) is 5.60 Å². The van der Waals surface area contributed by atoms with Gasteiger partial charge in [-0.2, -0.15) is 0 Å². The summed E-state index contributed by atoms with van der Waals surface area (Å²) < 4.78 is 15.6. The molecule has 12 heteroatoms. The number of carbonyl (C=O) groups is 2. The van der Waals surface area contributed by atoms with Crippen molar-refractivity contribution in [2.24, 2.45) is 5.92 Å². The van der Waals surface area contributed by atoms with Crippen molar-refractivity contribution in [3.05, 3.63) is 166 Å². The lowest BCUT2D eigenvalue weighted by atomic mass is 9.82. The third kappa shape index (κ3) is 7.66. The molecular formula is C47H48BrN5O5Si. The molecule has 0 aliphatic carbocycles. The Bertz CT molecular complexity index is 2450. The number of carbonyl (C=O) groups excluding carboxylic acids is 2. The second-order valence-electron chi connectivity index (χ2n) is 16.1. The molecule has 3 heterocycles. The van der Waals surface area contributed by atoms with Gasteiger partial charge in [0.2, 0.25) is 0 Å². The number of nitrogens with zero attached hydrogens (tertiary/aromatic N) is 4. The second-order valence-corrected chi connectivity index (χ2v) is 21.7. The predicted molar refractivity (Wildman–Crippen MR) is 236 cm³/mol. The van der Waals surface area contributed by atoms with Crippen LogP contribution in [0.2, 0.25) is 18.6 Å². The van der Waals surface area contributed by atoms with Crippen molar-refractivity contribution in [3.8, 4) is 5.75 Å². The SMILES string of the molecule is COc1ccc([Si](C)(C)[C@H]2[C@H](CCn3cc(C(CO)c4ccccc4)nn3)O[C@@]3(C(=O)N(Cc4cccc(NC(=O)c5ccccc5)c4)c4ccc(Br)cc43)[C@@H]2C)cc1. The third-order valence-electron chi connectivity index (χ3n) is 12.3. The Morgan fingerprint density at radius 1 is 0.966 bits per heavy atom. The number of hydrogen-bond acceptors (Lipinski definition) is 7. The molecule has 2 aliphatic heterocycles. The van der Waals surface area contributed by atoms with Crippen LogP contribution in [0.3, 0.4) is 0 Å². The molecule has 5 aromatic carbocycles.